The van der Waals surface area contributed by atoms with E-state index in [-0.39, 0.29) is 4.95 Å². The summed E-state index contributed by atoms with van der Waals surface area (Å²) in [5.41, 5.74) is 0. The van der Waals surface area contributed by atoms with Gasteiger partial charge in [-0.15, -0.1) is 0 Å². The van der Waals surface area contributed by atoms with Crippen molar-refractivity contribution < 1.29 is 0 Å². The van der Waals surface area contributed by atoms with E-state index in [0.29, 0.717) is 0 Å². The Balaban J connectivity index is 2.32. The van der Waals surface area contributed by atoms with Gasteiger partial charge in [0.25, 0.3) is 0 Å². The summed E-state index contributed by atoms with van der Waals surface area (Å²) in [5, 5.41) is 3.86. The molecule has 0 spiro atoms. The van der Waals surface area contributed by atoms with Crippen molar-refractivity contribution in [3.63, 3.8) is 0 Å². The molecule has 1 heterocycles. The van der Waals surface area contributed by atoms with E-state index < -0.39 is 0 Å². The van der Waals surface area contributed by atoms with Gasteiger partial charge < -0.3 is 0 Å². The molecule has 1 radical (unpaired) electrons. The first-order valence-corrected chi connectivity index (χ1v) is 2.63. The van der Waals surface area contributed by atoms with E-state index in [2.05, 4.69) is 26.2 Å². The summed E-state index contributed by atoms with van der Waals surface area (Å²) in [5.74, 6) is 0. The second kappa shape index (κ2) is 1.60. The lowest BCUT2D eigenvalue weighted by atomic mass is 10.7. The van der Waals surface area contributed by atoms with Crippen molar-refractivity contribution in [3.05, 3.63) is 0 Å². The lowest BCUT2D eigenvalue weighted by Crippen LogP contribution is -2.07. The summed E-state index contributed by atoms with van der Waals surface area (Å²) in [7, 11) is 0. The number of nitrogens with zero attached hydrogens (tertiary/aromatic N) is 2. The molecule has 1 aliphatic rings. The van der Waals surface area contributed by atoms with Crippen molar-refractivity contribution in [1.29, 1.82) is 0 Å². The van der Waals surface area contributed by atoms with Gasteiger partial charge >= 0.3 is 0 Å². The molecule has 0 aromatic heterocycles. The molecule has 1 rings (SSSR count). The highest BCUT2D eigenvalue weighted by Crippen LogP contribution is 1.98. The molecule has 3 heteroatoms. The maximum Gasteiger partial charge on any atom is 0.126 e. The Morgan fingerprint density at radius 3 is 2.83 bits per heavy atom. The Morgan fingerprint density at radius 1 is 1.83 bits per heavy atom. The molecule has 1 aliphatic heterocycles. The molecule has 2 nitrogen and oxygen atoms in total. The SMILES string of the molecule is BrC1CN=C[N]1. The van der Waals surface area contributed by atoms with Crippen LogP contribution in [0.4, 0.5) is 0 Å². The van der Waals surface area contributed by atoms with Crippen LogP contribution in [0.5, 0.6) is 0 Å². The van der Waals surface area contributed by atoms with Crippen molar-refractivity contribution in [1.82, 2.24) is 5.32 Å². The Kier molecular flexibility index (Phi) is 1.10. The summed E-state index contributed by atoms with van der Waals surface area (Å²) in [6.45, 7) is 0.806. The van der Waals surface area contributed by atoms with Gasteiger partial charge in [0.15, 0.2) is 0 Å². The van der Waals surface area contributed by atoms with Gasteiger partial charge in [-0.05, 0) is 0 Å². The first-order valence-electron chi connectivity index (χ1n) is 1.72. The summed E-state index contributed by atoms with van der Waals surface area (Å²) in [6.07, 6.45) is 1.58. The fourth-order valence-corrected chi connectivity index (χ4v) is 0.574. The van der Waals surface area contributed by atoms with Crippen LogP contribution in [0.1, 0.15) is 0 Å². The molecule has 0 saturated carbocycles. The third-order valence-corrected chi connectivity index (χ3v) is 1.09. The van der Waals surface area contributed by atoms with Crippen molar-refractivity contribution >= 4 is 22.3 Å². The van der Waals surface area contributed by atoms with Gasteiger partial charge in [0.2, 0.25) is 0 Å². The van der Waals surface area contributed by atoms with Gasteiger partial charge in [-0.25, -0.2) is 0 Å². The Hall–Kier alpha value is -0.0500. The second-order valence-electron chi connectivity index (χ2n) is 1.06. The van der Waals surface area contributed by atoms with E-state index in [4.69, 9.17) is 0 Å². The summed E-state index contributed by atoms with van der Waals surface area (Å²) >= 11 is 3.25. The minimum absolute atomic E-state index is 0.262. The lowest BCUT2D eigenvalue weighted by Gasteiger charge is -1.88. The number of aliphatic imine (C=N–C) groups is 1. The van der Waals surface area contributed by atoms with Crippen LogP contribution in [0, 0.1) is 0 Å². The highest BCUT2D eigenvalue weighted by molar-refractivity contribution is 9.09. The molecule has 0 saturated heterocycles. The normalized spacial score (nSPS) is 30.5. The summed E-state index contributed by atoms with van der Waals surface area (Å²) in [6, 6.07) is 0. The molecule has 6 heavy (non-hydrogen) atoms. The van der Waals surface area contributed by atoms with Crippen LogP contribution in [0.15, 0.2) is 4.99 Å². The zero-order valence-electron chi connectivity index (χ0n) is 3.13. The monoisotopic (exact) mass is 147 g/mol. The molecule has 0 aliphatic carbocycles. The molecule has 0 aromatic rings. The van der Waals surface area contributed by atoms with E-state index in [0.717, 1.165) is 6.54 Å². The quantitative estimate of drug-likeness (QED) is 0.350. The van der Waals surface area contributed by atoms with E-state index in [1.807, 2.05) is 0 Å². The molecule has 33 valence electrons. The van der Waals surface area contributed by atoms with Crippen LogP contribution in [-0.4, -0.2) is 17.8 Å². The van der Waals surface area contributed by atoms with E-state index in [1.165, 1.54) is 0 Å². The standard InChI is InChI=1S/C3H4BrN2/c4-3-1-5-2-6-3/h2-3H,1H2. The minimum atomic E-state index is 0.262. The molecule has 0 aromatic carbocycles. The van der Waals surface area contributed by atoms with Gasteiger partial charge in [-0.3, -0.25) is 10.3 Å². The van der Waals surface area contributed by atoms with Crippen LogP contribution >= 0.6 is 15.9 Å². The summed E-state index contributed by atoms with van der Waals surface area (Å²) < 4.78 is 0. The largest absolute Gasteiger partial charge is 0.271 e. The zero-order valence-corrected chi connectivity index (χ0v) is 4.72. The number of hydrogen-bond donors (Lipinski definition) is 0. The predicted molar refractivity (Wildman–Crippen MR) is 28.2 cm³/mol. The fourth-order valence-electron chi connectivity index (χ4n) is 0.301. The average Bonchev–Trinajstić information content (AvgIpc) is 1.86. The van der Waals surface area contributed by atoms with Crippen LogP contribution in [0.3, 0.4) is 0 Å². The molecule has 0 fully saturated rings. The first kappa shape index (κ1) is 4.12. The number of alkyl halides is 1. The number of halogens is 1. The highest BCUT2D eigenvalue weighted by Gasteiger charge is 2.03. The number of rotatable bonds is 0. The van der Waals surface area contributed by atoms with Crippen LogP contribution < -0.4 is 5.32 Å². The maximum absolute atomic E-state index is 3.86. The average molecular weight is 148 g/mol. The second-order valence-corrected chi connectivity index (χ2v) is 2.12. The van der Waals surface area contributed by atoms with E-state index in [9.17, 15) is 0 Å². The first-order chi connectivity index (χ1) is 2.89. The van der Waals surface area contributed by atoms with Crippen molar-refractivity contribution in [3.8, 4) is 0 Å². The molecule has 0 bridgehead atoms. The molecule has 1 unspecified atom stereocenters. The maximum atomic E-state index is 3.86. The van der Waals surface area contributed by atoms with Gasteiger partial charge in [0, 0.05) is 0 Å². The van der Waals surface area contributed by atoms with Crippen LogP contribution in [0.2, 0.25) is 0 Å². The van der Waals surface area contributed by atoms with Gasteiger partial charge in [-0.1, -0.05) is 15.9 Å². The van der Waals surface area contributed by atoms with E-state index in [1.54, 1.807) is 6.34 Å². The molecular weight excluding hydrogens is 144 g/mol. The molecular formula is C3H4BrN2. The topological polar surface area (TPSA) is 26.5 Å². The fraction of sp³-hybridized carbons (Fsp3) is 0.667. The highest BCUT2D eigenvalue weighted by atomic mass is 79.9. The van der Waals surface area contributed by atoms with Crippen molar-refractivity contribution in [2.24, 2.45) is 4.99 Å². The van der Waals surface area contributed by atoms with Crippen molar-refractivity contribution in [2.75, 3.05) is 6.54 Å². The van der Waals surface area contributed by atoms with Crippen molar-refractivity contribution in [2.45, 2.75) is 4.95 Å². The van der Waals surface area contributed by atoms with Crippen LogP contribution in [-0.2, 0) is 0 Å². The Labute approximate surface area is 44.8 Å². The van der Waals surface area contributed by atoms with Crippen LogP contribution in [0.25, 0.3) is 0 Å². The number of hydrogen-bond acceptors (Lipinski definition) is 1. The lowest BCUT2D eigenvalue weighted by molar-refractivity contribution is 0.900. The molecule has 0 amide bonds. The third-order valence-electron chi connectivity index (χ3n) is 0.566. The molecule has 1 atom stereocenters. The third kappa shape index (κ3) is 0.712. The smallest absolute Gasteiger partial charge is 0.126 e. The van der Waals surface area contributed by atoms with Gasteiger partial charge in [0.1, 0.15) is 11.3 Å². The zero-order chi connectivity index (χ0) is 4.41. The minimum Gasteiger partial charge on any atom is -0.271 e. The van der Waals surface area contributed by atoms with Gasteiger partial charge in [0.05, 0.1) is 6.54 Å². The predicted octanol–water partition coefficient (Wildman–Crippen LogP) is 0.354. The Bertz CT molecular complexity index is 63.2. The van der Waals surface area contributed by atoms with Gasteiger partial charge in [-0.2, -0.15) is 0 Å². The Morgan fingerprint density at radius 2 is 2.67 bits per heavy atom. The molecule has 0 N–H and O–H groups in total. The van der Waals surface area contributed by atoms with E-state index >= 15 is 0 Å². The summed E-state index contributed by atoms with van der Waals surface area (Å²) in [4.78, 5) is 4.09.